The predicted molar refractivity (Wildman–Crippen MR) is 140 cm³/mol. The van der Waals surface area contributed by atoms with Crippen LogP contribution in [0.25, 0.3) is 0 Å². The van der Waals surface area contributed by atoms with Crippen molar-refractivity contribution in [3.8, 4) is 11.5 Å². The van der Waals surface area contributed by atoms with Crippen molar-refractivity contribution in [1.29, 1.82) is 0 Å². The number of phenolic OH excluding ortho intramolecular Hbond substituents is 2. The molecule has 0 aliphatic heterocycles. The Balaban J connectivity index is 1.56. The van der Waals surface area contributed by atoms with Gasteiger partial charge in [0.25, 0.3) is 0 Å². The molecule has 1 heterocycles. The van der Waals surface area contributed by atoms with Crippen LogP contribution < -0.4 is 16.2 Å². The molecule has 0 atom stereocenters. The zero-order valence-electron chi connectivity index (χ0n) is 19.3. The lowest BCUT2D eigenvalue weighted by Crippen LogP contribution is -2.04. The van der Waals surface area contributed by atoms with Crippen LogP contribution in [0.2, 0.25) is 0 Å². The third-order valence-corrected chi connectivity index (χ3v) is 5.06. The van der Waals surface area contributed by atoms with Crippen molar-refractivity contribution in [3.63, 3.8) is 0 Å². The fourth-order valence-electron chi connectivity index (χ4n) is 3.19. The molecule has 0 saturated carbocycles. The fourth-order valence-corrected chi connectivity index (χ4v) is 3.19. The van der Waals surface area contributed by atoms with Gasteiger partial charge < -0.3 is 15.5 Å². The Morgan fingerprint density at radius 2 is 1.26 bits per heavy atom. The first-order chi connectivity index (χ1) is 17.0. The van der Waals surface area contributed by atoms with E-state index < -0.39 is 0 Å². The van der Waals surface area contributed by atoms with E-state index in [1.54, 1.807) is 18.2 Å². The third kappa shape index (κ3) is 6.11. The van der Waals surface area contributed by atoms with E-state index in [2.05, 4.69) is 36.3 Å². The van der Waals surface area contributed by atoms with E-state index in [1.807, 2.05) is 68.4 Å². The summed E-state index contributed by atoms with van der Waals surface area (Å²) >= 11 is 0. The van der Waals surface area contributed by atoms with Crippen molar-refractivity contribution in [2.45, 2.75) is 13.8 Å². The number of para-hydroxylation sites is 3. The Hall–Kier alpha value is -4.92. The minimum absolute atomic E-state index is 0.162. The molecule has 176 valence electrons. The first-order valence-electron chi connectivity index (χ1n) is 10.9. The molecule has 4 aromatic rings. The van der Waals surface area contributed by atoms with Crippen molar-refractivity contribution < 1.29 is 10.2 Å². The summed E-state index contributed by atoms with van der Waals surface area (Å²) in [5, 5.41) is 31.9. The molecule has 0 amide bonds. The van der Waals surface area contributed by atoms with E-state index in [0.29, 0.717) is 22.8 Å². The minimum Gasteiger partial charge on any atom is -0.507 e. The Bertz CT molecular complexity index is 1290. The summed E-state index contributed by atoms with van der Waals surface area (Å²) in [6.07, 6.45) is 3.01. The number of aromatic hydroxyl groups is 2. The molecule has 0 aliphatic carbocycles. The van der Waals surface area contributed by atoms with Gasteiger partial charge in [-0.15, -0.1) is 0 Å². The molecule has 0 unspecified atom stereocenters. The number of rotatable bonds is 8. The highest BCUT2D eigenvalue weighted by molar-refractivity contribution is 5.85. The van der Waals surface area contributed by atoms with E-state index >= 15 is 0 Å². The molecule has 0 spiro atoms. The van der Waals surface area contributed by atoms with Gasteiger partial charge in [-0.3, -0.25) is 5.43 Å². The van der Waals surface area contributed by atoms with Gasteiger partial charge in [-0.2, -0.15) is 20.2 Å². The lowest BCUT2D eigenvalue weighted by molar-refractivity contribution is 0.470. The Morgan fingerprint density at radius 3 is 1.89 bits per heavy atom. The highest BCUT2D eigenvalue weighted by atomic mass is 16.3. The van der Waals surface area contributed by atoms with Crippen LogP contribution in [0.4, 0.5) is 23.3 Å². The van der Waals surface area contributed by atoms with Crippen LogP contribution in [-0.4, -0.2) is 32.6 Å². The topological polar surface area (TPSA) is 127 Å². The molecule has 0 aliphatic rings. The van der Waals surface area contributed by atoms with Gasteiger partial charge >= 0.3 is 0 Å². The van der Waals surface area contributed by atoms with Gasteiger partial charge in [-0.1, -0.05) is 42.5 Å². The molecule has 5 N–H and O–H groups in total. The summed E-state index contributed by atoms with van der Waals surface area (Å²) in [7, 11) is 0. The number of hydrogen-bond donors (Lipinski definition) is 5. The molecule has 35 heavy (non-hydrogen) atoms. The summed E-state index contributed by atoms with van der Waals surface area (Å²) in [4.78, 5) is 8.84. The van der Waals surface area contributed by atoms with Gasteiger partial charge in [-0.25, -0.2) is 5.43 Å². The fraction of sp³-hybridized carbons (Fsp3) is 0.0769. The van der Waals surface area contributed by atoms with Crippen LogP contribution in [0.1, 0.15) is 22.3 Å². The zero-order chi connectivity index (χ0) is 24.6. The standard InChI is InChI=1S/C26H25N7O2/c1-17-8-6-10-19(24(17)34)15-27-32-23-14-22(29-21-12-4-3-5-13-21)30-26(31-23)33-28-16-20-11-7-9-18(2)25(20)35/h3-16,34-35H,1-2H3,(H3,29,30,31,32,33). The van der Waals surface area contributed by atoms with Crippen LogP contribution in [-0.2, 0) is 0 Å². The first kappa shape index (κ1) is 23.2. The van der Waals surface area contributed by atoms with Crippen LogP contribution in [0, 0.1) is 13.8 Å². The number of anilines is 4. The molecule has 0 fully saturated rings. The van der Waals surface area contributed by atoms with Crippen molar-refractivity contribution in [2.75, 3.05) is 16.2 Å². The average molecular weight is 468 g/mol. The smallest absolute Gasteiger partial charge is 0.247 e. The SMILES string of the molecule is Cc1cccc(C=NNc2cc(Nc3ccccc3)nc(NN=Cc3cccc(C)c3O)n2)c1O. The average Bonchev–Trinajstić information content (AvgIpc) is 2.85. The number of phenols is 2. The summed E-state index contributed by atoms with van der Waals surface area (Å²) in [5.41, 5.74) is 9.17. The molecular weight excluding hydrogens is 442 g/mol. The van der Waals surface area contributed by atoms with Crippen molar-refractivity contribution in [3.05, 3.63) is 95.1 Å². The molecular formula is C26H25N7O2. The van der Waals surface area contributed by atoms with Gasteiger partial charge in [0, 0.05) is 22.9 Å². The normalized spacial score (nSPS) is 11.1. The van der Waals surface area contributed by atoms with E-state index in [1.165, 1.54) is 12.4 Å². The third-order valence-electron chi connectivity index (χ3n) is 5.06. The molecule has 0 radical (unpaired) electrons. The van der Waals surface area contributed by atoms with Gasteiger partial charge in [0.2, 0.25) is 5.95 Å². The van der Waals surface area contributed by atoms with Crippen LogP contribution in [0.5, 0.6) is 11.5 Å². The van der Waals surface area contributed by atoms with E-state index in [0.717, 1.165) is 16.8 Å². The minimum atomic E-state index is 0.162. The molecule has 0 saturated heterocycles. The molecule has 9 nitrogen and oxygen atoms in total. The maximum absolute atomic E-state index is 10.2. The highest BCUT2D eigenvalue weighted by Crippen LogP contribution is 2.22. The summed E-state index contributed by atoms with van der Waals surface area (Å²) < 4.78 is 0. The number of nitrogens with zero attached hydrogens (tertiary/aromatic N) is 4. The highest BCUT2D eigenvalue weighted by Gasteiger charge is 2.06. The van der Waals surface area contributed by atoms with E-state index in [-0.39, 0.29) is 17.4 Å². The number of aromatic nitrogens is 2. The van der Waals surface area contributed by atoms with E-state index in [9.17, 15) is 10.2 Å². The van der Waals surface area contributed by atoms with Crippen LogP contribution in [0.3, 0.4) is 0 Å². The second-order valence-electron chi connectivity index (χ2n) is 7.72. The van der Waals surface area contributed by atoms with Gasteiger partial charge in [0.1, 0.15) is 17.3 Å². The number of aryl methyl sites for hydroxylation is 2. The maximum atomic E-state index is 10.2. The summed E-state index contributed by atoms with van der Waals surface area (Å²) in [6, 6.07) is 22.1. The molecule has 9 heteroatoms. The van der Waals surface area contributed by atoms with Gasteiger partial charge in [0.05, 0.1) is 12.4 Å². The van der Waals surface area contributed by atoms with Crippen molar-refractivity contribution in [1.82, 2.24) is 9.97 Å². The molecule has 1 aromatic heterocycles. The first-order valence-corrected chi connectivity index (χ1v) is 10.9. The second-order valence-corrected chi connectivity index (χ2v) is 7.72. The van der Waals surface area contributed by atoms with Gasteiger partial charge in [-0.05, 0) is 49.2 Å². The van der Waals surface area contributed by atoms with Crippen molar-refractivity contribution in [2.24, 2.45) is 10.2 Å². The maximum Gasteiger partial charge on any atom is 0.247 e. The summed E-state index contributed by atoms with van der Waals surface area (Å²) in [6.45, 7) is 3.64. The lowest BCUT2D eigenvalue weighted by Gasteiger charge is -2.09. The number of benzene rings is 3. The monoisotopic (exact) mass is 467 g/mol. The molecule has 4 rings (SSSR count). The molecule has 3 aromatic carbocycles. The quantitative estimate of drug-likeness (QED) is 0.179. The number of nitrogens with one attached hydrogen (secondary N) is 3. The van der Waals surface area contributed by atoms with Gasteiger partial charge in [0.15, 0.2) is 5.82 Å². The van der Waals surface area contributed by atoms with Crippen molar-refractivity contribution >= 4 is 35.7 Å². The number of hydrazone groups is 2. The van der Waals surface area contributed by atoms with Crippen LogP contribution >= 0.6 is 0 Å². The zero-order valence-corrected chi connectivity index (χ0v) is 19.3. The Morgan fingerprint density at radius 1 is 0.686 bits per heavy atom. The largest absolute Gasteiger partial charge is 0.507 e. The lowest BCUT2D eigenvalue weighted by atomic mass is 10.1. The second kappa shape index (κ2) is 10.8. The summed E-state index contributed by atoms with van der Waals surface area (Å²) in [5.74, 6) is 1.46. The molecule has 0 bridgehead atoms. The van der Waals surface area contributed by atoms with Crippen LogP contribution in [0.15, 0.2) is 83.0 Å². The Labute approximate surface area is 202 Å². The Kier molecular flexibility index (Phi) is 7.17. The van der Waals surface area contributed by atoms with E-state index in [4.69, 9.17) is 0 Å². The number of hydrogen-bond acceptors (Lipinski definition) is 9. The predicted octanol–water partition coefficient (Wildman–Crippen LogP) is 5.14.